The van der Waals surface area contributed by atoms with E-state index >= 15 is 0 Å². The molecule has 2 rings (SSSR count). The highest BCUT2D eigenvalue weighted by Crippen LogP contribution is 2.26. The Morgan fingerprint density at radius 2 is 1.71 bits per heavy atom. The molecular formula is C13H20N2O4S2. The number of para-hydroxylation sites is 1. The maximum absolute atomic E-state index is 12.3. The minimum atomic E-state index is -3.53. The zero-order chi connectivity index (χ0) is 15.7. The first-order valence-corrected chi connectivity index (χ1v) is 9.97. The maximum Gasteiger partial charge on any atom is 0.244 e. The quantitative estimate of drug-likeness (QED) is 0.887. The van der Waals surface area contributed by atoms with Crippen LogP contribution in [-0.4, -0.2) is 52.8 Å². The lowest BCUT2D eigenvalue weighted by Gasteiger charge is -2.25. The van der Waals surface area contributed by atoms with Crippen LogP contribution in [-0.2, 0) is 19.9 Å². The molecule has 0 atom stereocenters. The molecule has 1 aliphatic heterocycles. The lowest BCUT2D eigenvalue weighted by atomic mass is 10.1. The highest BCUT2D eigenvalue weighted by atomic mass is 32.2. The van der Waals surface area contributed by atoms with Gasteiger partial charge in [0, 0.05) is 20.1 Å². The van der Waals surface area contributed by atoms with Crippen molar-refractivity contribution in [1.29, 1.82) is 0 Å². The van der Waals surface area contributed by atoms with Crippen molar-refractivity contribution in [3.63, 3.8) is 0 Å². The highest BCUT2D eigenvalue weighted by molar-refractivity contribution is 7.91. The number of rotatable bonds is 4. The van der Waals surface area contributed by atoms with Crippen molar-refractivity contribution in [2.75, 3.05) is 30.9 Å². The minimum absolute atomic E-state index is 0.0213. The van der Waals surface area contributed by atoms with Crippen LogP contribution in [0.15, 0.2) is 29.2 Å². The van der Waals surface area contributed by atoms with E-state index in [1.54, 1.807) is 24.3 Å². The Morgan fingerprint density at radius 3 is 2.29 bits per heavy atom. The molecular weight excluding hydrogens is 312 g/mol. The molecule has 1 N–H and O–H groups in total. The predicted octanol–water partition coefficient (Wildman–Crippen LogP) is 0.926. The fourth-order valence-electron chi connectivity index (χ4n) is 2.26. The first-order valence-electron chi connectivity index (χ1n) is 6.71. The van der Waals surface area contributed by atoms with Gasteiger partial charge in [-0.1, -0.05) is 12.1 Å². The standard InChI is InChI=1S/C13H20N2O4S2/c1-15(2)21(18,19)13-6-4-3-5-12(13)14-11-7-9-20(16,17)10-8-11/h3-6,11,14H,7-10H2,1-2H3. The zero-order valence-electron chi connectivity index (χ0n) is 12.1. The second-order valence-electron chi connectivity index (χ2n) is 5.35. The molecule has 1 aromatic carbocycles. The Bertz CT molecular complexity index is 697. The summed E-state index contributed by atoms with van der Waals surface area (Å²) >= 11 is 0. The molecule has 0 amide bonds. The van der Waals surface area contributed by atoms with Crippen molar-refractivity contribution < 1.29 is 16.8 Å². The molecule has 0 aliphatic carbocycles. The van der Waals surface area contributed by atoms with Crippen LogP contribution in [0.5, 0.6) is 0 Å². The van der Waals surface area contributed by atoms with Gasteiger partial charge in [0.05, 0.1) is 17.2 Å². The first-order chi connectivity index (χ1) is 9.72. The monoisotopic (exact) mass is 332 g/mol. The van der Waals surface area contributed by atoms with Gasteiger partial charge in [-0.2, -0.15) is 0 Å². The summed E-state index contributed by atoms with van der Waals surface area (Å²) in [5.41, 5.74) is 0.524. The third-order valence-electron chi connectivity index (χ3n) is 3.56. The highest BCUT2D eigenvalue weighted by Gasteiger charge is 2.26. The Hall–Kier alpha value is -1.12. The normalized spacial score (nSPS) is 19.6. The van der Waals surface area contributed by atoms with Crippen molar-refractivity contribution in [1.82, 2.24) is 4.31 Å². The van der Waals surface area contributed by atoms with Crippen LogP contribution in [0.4, 0.5) is 5.69 Å². The van der Waals surface area contributed by atoms with Gasteiger partial charge in [0.15, 0.2) is 0 Å². The number of sulfone groups is 1. The van der Waals surface area contributed by atoms with E-state index in [2.05, 4.69) is 5.32 Å². The van der Waals surface area contributed by atoms with Gasteiger partial charge in [-0.05, 0) is 25.0 Å². The van der Waals surface area contributed by atoms with Crippen molar-refractivity contribution in [2.24, 2.45) is 0 Å². The van der Waals surface area contributed by atoms with Crippen LogP contribution in [0.25, 0.3) is 0 Å². The Labute approximate surface area is 126 Å². The molecule has 21 heavy (non-hydrogen) atoms. The molecule has 8 heteroatoms. The second-order valence-corrected chi connectivity index (χ2v) is 9.78. The van der Waals surface area contributed by atoms with E-state index in [9.17, 15) is 16.8 Å². The molecule has 1 heterocycles. The van der Waals surface area contributed by atoms with Gasteiger partial charge in [-0.15, -0.1) is 0 Å². The third-order valence-corrected chi connectivity index (χ3v) is 7.15. The second kappa shape index (κ2) is 5.94. The summed E-state index contributed by atoms with van der Waals surface area (Å²) in [6.07, 6.45) is 0.997. The lowest BCUT2D eigenvalue weighted by molar-refractivity contribution is 0.520. The van der Waals surface area contributed by atoms with E-state index in [0.29, 0.717) is 18.5 Å². The summed E-state index contributed by atoms with van der Waals surface area (Å²) in [5, 5.41) is 3.18. The maximum atomic E-state index is 12.3. The lowest BCUT2D eigenvalue weighted by Crippen LogP contribution is -2.33. The van der Waals surface area contributed by atoms with Gasteiger partial charge in [0.25, 0.3) is 0 Å². The van der Waals surface area contributed by atoms with Gasteiger partial charge < -0.3 is 5.32 Å². The van der Waals surface area contributed by atoms with Crippen molar-refractivity contribution in [3.8, 4) is 0 Å². The summed E-state index contributed by atoms with van der Waals surface area (Å²) in [4.78, 5) is 0.212. The van der Waals surface area contributed by atoms with Gasteiger partial charge in [-0.25, -0.2) is 21.1 Å². The number of benzene rings is 1. The average Bonchev–Trinajstić information content (AvgIpc) is 2.41. The number of nitrogens with zero attached hydrogens (tertiary/aromatic N) is 1. The van der Waals surface area contributed by atoms with E-state index < -0.39 is 19.9 Å². The van der Waals surface area contributed by atoms with E-state index in [4.69, 9.17) is 0 Å². The summed E-state index contributed by atoms with van der Waals surface area (Å²) < 4.78 is 48.6. The van der Waals surface area contributed by atoms with Crippen LogP contribution in [0, 0.1) is 0 Å². The SMILES string of the molecule is CN(C)S(=O)(=O)c1ccccc1NC1CCS(=O)(=O)CC1. The fourth-order valence-corrected chi connectivity index (χ4v) is 4.80. The van der Waals surface area contributed by atoms with Crippen LogP contribution in [0.1, 0.15) is 12.8 Å². The topological polar surface area (TPSA) is 83.6 Å². The minimum Gasteiger partial charge on any atom is -0.381 e. The zero-order valence-corrected chi connectivity index (χ0v) is 13.7. The molecule has 1 fully saturated rings. The molecule has 6 nitrogen and oxygen atoms in total. The van der Waals surface area contributed by atoms with Crippen molar-refractivity contribution in [3.05, 3.63) is 24.3 Å². The van der Waals surface area contributed by atoms with Gasteiger partial charge in [0.1, 0.15) is 14.7 Å². The Morgan fingerprint density at radius 1 is 1.14 bits per heavy atom. The summed E-state index contributed by atoms with van der Waals surface area (Å²) in [5.74, 6) is 0.292. The van der Waals surface area contributed by atoms with E-state index in [-0.39, 0.29) is 22.4 Å². The smallest absolute Gasteiger partial charge is 0.244 e. The molecule has 0 unspecified atom stereocenters. The van der Waals surface area contributed by atoms with Crippen LogP contribution < -0.4 is 5.32 Å². The summed E-state index contributed by atoms with van der Waals surface area (Å²) in [6.45, 7) is 0. The fraction of sp³-hybridized carbons (Fsp3) is 0.538. The van der Waals surface area contributed by atoms with Crippen molar-refractivity contribution in [2.45, 2.75) is 23.8 Å². The Balaban J connectivity index is 2.23. The number of hydrogen-bond donors (Lipinski definition) is 1. The van der Waals surface area contributed by atoms with Crippen LogP contribution in [0.2, 0.25) is 0 Å². The molecule has 0 radical (unpaired) electrons. The number of nitrogens with one attached hydrogen (secondary N) is 1. The van der Waals surface area contributed by atoms with E-state index in [1.165, 1.54) is 18.4 Å². The molecule has 0 spiro atoms. The first kappa shape index (κ1) is 16.3. The van der Waals surface area contributed by atoms with Gasteiger partial charge in [0.2, 0.25) is 10.0 Å². The molecule has 118 valence electrons. The van der Waals surface area contributed by atoms with Gasteiger partial charge >= 0.3 is 0 Å². The van der Waals surface area contributed by atoms with E-state index in [1.807, 2.05) is 0 Å². The number of hydrogen-bond acceptors (Lipinski definition) is 5. The van der Waals surface area contributed by atoms with Crippen LogP contribution in [0.3, 0.4) is 0 Å². The molecule has 1 aliphatic rings. The van der Waals surface area contributed by atoms with E-state index in [0.717, 1.165) is 0 Å². The van der Waals surface area contributed by atoms with Gasteiger partial charge in [-0.3, -0.25) is 0 Å². The molecule has 1 aromatic rings. The molecule has 0 bridgehead atoms. The number of sulfonamides is 1. The van der Waals surface area contributed by atoms with Crippen molar-refractivity contribution >= 4 is 25.5 Å². The molecule has 1 saturated heterocycles. The van der Waals surface area contributed by atoms with Crippen LogP contribution >= 0.6 is 0 Å². The summed E-state index contributed by atoms with van der Waals surface area (Å²) in [7, 11) is -3.48. The Kier molecular flexibility index (Phi) is 4.60. The average molecular weight is 332 g/mol. The predicted molar refractivity (Wildman–Crippen MR) is 82.6 cm³/mol. The largest absolute Gasteiger partial charge is 0.381 e. The summed E-state index contributed by atoms with van der Waals surface area (Å²) in [6, 6.07) is 6.67. The third kappa shape index (κ3) is 3.75. The number of anilines is 1. The molecule has 0 aromatic heterocycles. The molecule has 0 saturated carbocycles.